The van der Waals surface area contributed by atoms with Crippen LogP contribution in [0.25, 0.3) is 11.3 Å². The van der Waals surface area contributed by atoms with E-state index in [-0.39, 0.29) is 23.7 Å². The van der Waals surface area contributed by atoms with Crippen molar-refractivity contribution in [1.82, 2.24) is 9.88 Å². The molecule has 1 fully saturated rings. The summed E-state index contributed by atoms with van der Waals surface area (Å²) in [4.78, 5) is 33.5. The van der Waals surface area contributed by atoms with Crippen molar-refractivity contribution in [2.24, 2.45) is 5.41 Å². The number of hydrogen-bond acceptors (Lipinski definition) is 5. The number of anilines is 1. The minimum absolute atomic E-state index is 0.00125. The number of hydrogen-bond donors (Lipinski definition) is 1. The average molecular weight is 536 g/mol. The van der Waals surface area contributed by atoms with Crippen LogP contribution in [-0.2, 0) is 9.53 Å². The third-order valence-corrected chi connectivity index (χ3v) is 9.33. The van der Waals surface area contributed by atoms with Gasteiger partial charge < -0.3 is 15.0 Å². The molecule has 6 nitrogen and oxygen atoms in total. The molecule has 1 N–H and O–H groups in total. The molecule has 0 spiro atoms. The fourth-order valence-electron chi connectivity index (χ4n) is 6.65. The van der Waals surface area contributed by atoms with E-state index in [0.717, 1.165) is 17.7 Å². The molecule has 2 bridgehead atoms. The number of carbonyl (C=O) groups excluding carboxylic acids is 2. The lowest BCUT2D eigenvalue weighted by Crippen LogP contribution is -2.47. The molecule has 1 unspecified atom stereocenters. The molecule has 1 aliphatic heterocycles. The number of benzene rings is 3. The Morgan fingerprint density at radius 3 is 2.31 bits per heavy atom. The van der Waals surface area contributed by atoms with E-state index in [1.165, 1.54) is 33.6 Å². The zero-order valence-corrected chi connectivity index (χ0v) is 22.5. The van der Waals surface area contributed by atoms with E-state index in [1.807, 2.05) is 34.5 Å². The first-order chi connectivity index (χ1) is 19.0. The summed E-state index contributed by atoms with van der Waals surface area (Å²) in [5.74, 6) is 0.206. The summed E-state index contributed by atoms with van der Waals surface area (Å²) in [6.07, 6.45) is 0.765. The van der Waals surface area contributed by atoms with Gasteiger partial charge in [-0.25, -0.2) is 4.98 Å². The summed E-state index contributed by atoms with van der Waals surface area (Å²) >= 11 is 1.41. The number of fused-ring (bicyclic) bond motifs is 1. The molecule has 3 aliphatic carbocycles. The van der Waals surface area contributed by atoms with Gasteiger partial charge in [0.25, 0.3) is 5.91 Å². The first-order valence-corrected chi connectivity index (χ1v) is 14.3. The van der Waals surface area contributed by atoms with Crippen LogP contribution in [-0.4, -0.2) is 48.0 Å². The van der Waals surface area contributed by atoms with E-state index in [0.29, 0.717) is 37.0 Å². The predicted molar refractivity (Wildman–Crippen MR) is 152 cm³/mol. The molecule has 39 heavy (non-hydrogen) atoms. The smallest absolute Gasteiger partial charge is 0.254 e. The van der Waals surface area contributed by atoms with Gasteiger partial charge in [0.1, 0.15) is 0 Å². The minimum Gasteiger partial charge on any atom is -0.378 e. The molecule has 4 aliphatic rings. The van der Waals surface area contributed by atoms with Gasteiger partial charge in [-0.2, -0.15) is 0 Å². The zero-order chi connectivity index (χ0) is 26.6. The summed E-state index contributed by atoms with van der Waals surface area (Å²) in [5, 5.41) is 5.67. The maximum atomic E-state index is 14.0. The fraction of sp³-hybridized carbons (Fsp3) is 0.281. The van der Waals surface area contributed by atoms with Gasteiger partial charge >= 0.3 is 0 Å². The highest BCUT2D eigenvalue weighted by atomic mass is 32.1. The van der Waals surface area contributed by atoms with Crippen LogP contribution in [0.5, 0.6) is 0 Å². The summed E-state index contributed by atoms with van der Waals surface area (Å²) in [5.41, 5.74) is 6.84. The Labute approximate surface area is 231 Å². The van der Waals surface area contributed by atoms with Gasteiger partial charge in [0.15, 0.2) is 5.13 Å². The molecule has 1 saturated heterocycles. The monoisotopic (exact) mass is 535 g/mol. The third kappa shape index (κ3) is 3.99. The van der Waals surface area contributed by atoms with E-state index in [1.54, 1.807) is 0 Å². The second-order valence-electron chi connectivity index (χ2n) is 10.8. The first kappa shape index (κ1) is 24.2. The summed E-state index contributed by atoms with van der Waals surface area (Å²) in [7, 11) is 0. The summed E-state index contributed by atoms with van der Waals surface area (Å²) < 4.78 is 5.38. The van der Waals surface area contributed by atoms with Gasteiger partial charge in [-0.1, -0.05) is 60.7 Å². The highest BCUT2D eigenvalue weighted by Gasteiger charge is 2.54. The topological polar surface area (TPSA) is 71.5 Å². The number of carbonyl (C=O) groups is 2. The Balaban J connectivity index is 1.14. The van der Waals surface area contributed by atoms with Crippen molar-refractivity contribution >= 4 is 28.3 Å². The molecule has 196 valence electrons. The van der Waals surface area contributed by atoms with Crippen LogP contribution in [0, 0.1) is 5.41 Å². The largest absolute Gasteiger partial charge is 0.378 e. The van der Waals surface area contributed by atoms with Gasteiger partial charge in [-0.15, -0.1) is 11.3 Å². The van der Waals surface area contributed by atoms with Crippen molar-refractivity contribution in [3.8, 4) is 11.3 Å². The van der Waals surface area contributed by atoms with Crippen molar-refractivity contribution in [3.05, 3.63) is 106 Å². The van der Waals surface area contributed by atoms with Crippen LogP contribution in [0.4, 0.5) is 5.13 Å². The van der Waals surface area contributed by atoms with Gasteiger partial charge in [0.2, 0.25) is 5.91 Å². The molecular weight excluding hydrogens is 506 g/mol. The molecule has 0 saturated carbocycles. The second kappa shape index (κ2) is 9.43. The number of morpholine rings is 1. The number of thiazole rings is 1. The molecular formula is C32H29N3O3S. The number of ether oxygens (including phenoxy) is 1. The van der Waals surface area contributed by atoms with Crippen LogP contribution < -0.4 is 5.32 Å². The second-order valence-corrected chi connectivity index (χ2v) is 11.7. The van der Waals surface area contributed by atoms with Crippen LogP contribution in [0.1, 0.15) is 57.8 Å². The van der Waals surface area contributed by atoms with E-state index in [4.69, 9.17) is 9.72 Å². The average Bonchev–Trinajstić information content (AvgIpc) is 3.46. The molecule has 3 aromatic carbocycles. The van der Waals surface area contributed by atoms with E-state index in [9.17, 15) is 9.59 Å². The van der Waals surface area contributed by atoms with Crippen LogP contribution >= 0.6 is 11.3 Å². The van der Waals surface area contributed by atoms with Gasteiger partial charge in [-0.05, 0) is 47.7 Å². The lowest BCUT2D eigenvalue weighted by molar-refractivity contribution is -0.126. The van der Waals surface area contributed by atoms with Gasteiger partial charge in [-0.3, -0.25) is 9.59 Å². The van der Waals surface area contributed by atoms with E-state index < -0.39 is 5.41 Å². The fourth-order valence-corrected chi connectivity index (χ4v) is 7.37. The van der Waals surface area contributed by atoms with E-state index >= 15 is 0 Å². The van der Waals surface area contributed by atoms with Crippen molar-refractivity contribution in [2.45, 2.75) is 25.2 Å². The maximum absolute atomic E-state index is 14.0. The number of nitrogens with one attached hydrogen (secondary N) is 1. The predicted octanol–water partition coefficient (Wildman–Crippen LogP) is 5.91. The summed E-state index contributed by atoms with van der Waals surface area (Å²) in [6.45, 7) is 4.44. The number of amides is 2. The minimum atomic E-state index is -0.594. The van der Waals surface area contributed by atoms with Crippen LogP contribution in [0.15, 0.2) is 78.2 Å². The van der Waals surface area contributed by atoms with Crippen molar-refractivity contribution in [3.63, 3.8) is 0 Å². The zero-order valence-electron chi connectivity index (χ0n) is 21.7. The lowest BCUT2D eigenvalue weighted by Gasteiger charge is -2.50. The molecule has 1 aromatic heterocycles. The van der Waals surface area contributed by atoms with Crippen molar-refractivity contribution in [2.75, 3.05) is 31.6 Å². The molecule has 0 radical (unpaired) electrons. The Kier molecular flexibility index (Phi) is 5.86. The Hall–Kier alpha value is -3.81. The number of rotatable bonds is 4. The SMILES string of the molecule is CC1(C(=O)Nc2nc(-c3cccc(C(=O)N4CCOCC4)c3)cs2)CC2c3ccccc3C1c1ccccc12. The first-order valence-electron chi connectivity index (χ1n) is 13.4. The van der Waals surface area contributed by atoms with Crippen LogP contribution in [0.3, 0.4) is 0 Å². The lowest BCUT2D eigenvalue weighted by atomic mass is 9.52. The van der Waals surface area contributed by atoms with Crippen molar-refractivity contribution < 1.29 is 14.3 Å². The Bertz CT molecular complexity index is 1540. The molecule has 2 amide bonds. The van der Waals surface area contributed by atoms with E-state index in [2.05, 4.69) is 60.8 Å². The summed E-state index contributed by atoms with van der Waals surface area (Å²) in [6, 6.07) is 24.7. The third-order valence-electron chi connectivity index (χ3n) is 8.58. The standard InChI is InChI=1S/C32H29N3O3S/c1-32(18-26-22-9-2-4-11-24(22)28(32)25-12-5-3-10-23(25)26)30(37)34-31-33-27(19-39-31)20-7-6-8-21(17-20)29(36)35-13-15-38-16-14-35/h2-12,17,19,26,28H,13-16,18H2,1H3,(H,33,34,37). The highest BCUT2D eigenvalue weighted by Crippen LogP contribution is 2.61. The Morgan fingerprint density at radius 2 is 1.62 bits per heavy atom. The molecule has 4 aromatic rings. The van der Waals surface area contributed by atoms with Gasteiger partial charge in [0, 0.05) is 41.4 Å². The number of aromatic nitrogens is 1. The van der Waals surface area contributed by atoms with Crippen LogP contribution in [0.2, 0.25) is 0 Å². The molecule has 7 heteroatoms. The maximum Gasteiger partial charge on any atom is 0.254 e. The highest BCUT2D eigenvalue weighted by molar-refractivity contribution is 7.14. The van der Waals surface area contributed by atoms with Crippen molar-refractivity contribution in [1.29, 1.82) is 0 Å². The molecule has 2 heterocycles. The molecule has 1 atom stereocenters. The van der Waals surface area contributed by atoms with Gasteiger partial charge in [0.05, 0.1) is 24.3 Å². The Morgan fingerprint density at radius 1 is 0.949 bits per heavy atom. The molecule has 8 rings (SSSR count). The number of nitrogens with zero attached hydrogens (tertiary/aromatic N) is 2. The quantitative estimate of drug-likeness (QED) is 0.353. The normalized spacial score (nSPS) is 23.2.